The minimum atomic E-state index is -0.0987. The SMILES string of the molecule is Cc1c(N)nc(C(C)(C)C)nc1N(C)C(C)C(C)C. The monoisotopic (exact) mass is 264 g/mol. The maximum Gasteiger partial charge on any atom is 0.138 e. The molecule has 0 aliphatic rings. The Balaban J connectivity index is 3.31. The Bertz CT molecular complexity index is 446. The summed E-state index contributed by atoms with van der Waals surface area (Å²) in [6.45, 7) is 14.9. The van der Waals surface area contributed by atoms with Crippen molar-refractivity contribution in [3.63, 3.8) is 0 Å². The van der Waals surface area contributed by atoms with Gasteiger partial charge in [0.2, 0.25) is 0 Å². The van der Waals surface area contributed by atoms with Gasteiger partial charge in [-0.2, -0.15) is 0 Å². The summed E-state index contributed by atoms with van der Waals surface area (Å²) in [6, 6.07) is 0.404. The molecule has 2 N–H and O–H groups in total. The van der Waals surface area contributed by atoms with Crippen LogP contribution in [0.5, 0.6) is 0 Å². The summed E-state index contributed by atoms with van der Waals surface area (Å²) in [5.74, 6) is 2.88. The van der Waals surface area contributed by atoms with E-state index >= 15 is 0 Å². The highest BCUT2D eigenvalue weighted by Crippen LogP contribution is 2.28. The van der Waals surface area contributed by atoms with Gasteiger partial charge in [-0.05, 0) is 19.8 Å². The van der Waals surface area contributed by atoms with Gasteiger partial charge in [-0.25, -0.2) is 9.97 Å². The molecule has 0 aliphatic heterocycles. The van der Waals surface area contributed by atoms with Crippen LogP contribution in [0.15, 0.2) is 0 Å². The number of nitrogens with zero attached hydrogens (tertiary/aromatic N) is 3. The third-order valence-corrected chi connectivity index (χ3v) is 3.74. The van der Waals surface area contributed by atoms with Gasteiger partial charge in [-0.3, -0.25) is 0 Å². The number of nitrogens with two attached hydrogens (primary N) is 1. The van der Waals surface area contributed by atoms with Crippen LogP contribution in [0.3, 0.4) is 0 Å². The Morgan fingerprint density at radius 3 is 2.05 bits per heavy atom. The molecule has 1 rings (SSSR count). The van der Waals surface area contributed by atoms with E-state index in [-0.39, 0.29) is 5.41 Å². The molecular formula is C15H28N4. The van der Waals surface area contributed by atoms with Crippen LogP contribution in [0.1, 0.15) is 52.9 Å². The van der Waals surface area contributed by atoms with Gasteiger partial charge in [0.1, 0.15) is 17.5 Å². The Labute approximate surface area is 117 Å². The fraction of sp³-hybridized carbons (Fsp3) is 0.733. The third kappa shape index (κ3) is 3.37. The Morgan fingerprint density at radius 1 is 1.11 bits per heavy atom. The van der Waals surface area contributed by atoms with E-state index in [0.717, 1.165) is 17.2 Å². The summed E-state index contributed by atoms with van der Waals surface area (Å²) >= 11 is 0. The van der Waals surface area contributed by atoms with Crippen LogP contribution in [0.2, 0.25) is 0 Å². The quantitative estimate of drug-likeness (QED) is 0.911. The lowest BCUT2D eigenvalue weighted by Gasteiger charge is -2.31. The highest BCUT2D eigenvalue weighted by molar-refractivity contribution is 5.57. The van der Waals surface area contributed by atoms with Gasteiger partial charge in [-0.15, -0.1) is 0 Å². The molecule has 4 nitrogen and oxygen atoms in total. The second kappa shape index (κ2) is 5.35. The van der Waals surface area contributed by atoms with Gasteiger partial charge in [-0.1, -0.05) is 34.6 Å². The third-order valence-electron chi connectivity index (χ3n) is 3.74. The van der Waals surface area contributed by atoms with Crippen LogP contribution in [0.25, 0.3) is 0 Å². The molecule has 4 heteroatoms. The first-order valence-electron chi connectivity index (χ1n) is 6.93. The standard InChI is InChI=1S/C15H28N4/c1-9(2)11(4)19(8)13-10(3)12(16)17-14(18-13)15(5,6)7/h9,11H,1-8H3,(H2,16,17,18). The van der Waals surface area contributed by atoms with Crippen molar-refractivity contribution in [2.75, 3.05) is 17.7 Å². The van der Waals surface area contributed by atoms with Crippen LogP contribution in [0, 0.1) is 12.8 Å². The fourth-order valence-corrected chi connectivity index (χ4v) is 1.84. The molecule has 0 bridgehead atoms. The van der Waals surface area contributed by atoms with E-state index in [4.69, 9.17) is 10.7 Å². The van der Waals surface area contributed by atoms with Crippen LogP contribution in [0.4, 0.5) is 11.6 Å². The molecule has 0 spiro atoms. The van der Waals surface area contributed by atoms with Crippen molar-refractivity contribution < 1.29 is 0 Å². The lowest BCUT2D eigenvalue weighted by atomic mass is 9.95. The molecular weight excluding hydrogens is 236 g/mol. The molecule has 108 valence electrons. The number of hydrogen-bond donors (Lipinski definition) is 1. The second-order valence-electron chi connectivity index (χ2n) is 6.73. The predicted molar refractivity (Wildman–Crippen MR) is 82.6 cm³/mol. The zero-order valence-electron chi connectivity index (χ0n) is 13.6. The summed E-state index contributed by atoms with van der Waals surface area (Å²) < 4.78 is 0. The van der Waals surface area contributed by atoms with Crippen molar-refractivity contribution in [1.29, 1.82) is 0 Å². The highest BCUT2D eigenvalue weighted by atomic mass is 15.2. The normalized spacial score (nSPS) is 13.7. The first-order valence-corrected chi connectivity index (χ1v) is 6.93. The highest BCUT2D eigenvalue weighted by Gasteiger charge is 2.23. The van der Waals surface area contributed by atoms with E-state index in [2.05, 4.69) is 58.5 Å². The number of hydrogen-bond acceptors (Lipinski definition) is 4. The van der Waals surface area contributed by atoms with Gasteiger partial charge in [0.05, 0.1) is 0 Å². The van der Waals surface area contributed by atoms with Crippen molar-refractivity contribution in [1.82, 2.24) is 9.97 Å². The average Bonchev–Trinajstić information content (AvgIpc) is 2.29. The van der Waals surface area contributed by atoms with E-state index < -0.39 is 0 Å². The lowest BCUT2D eigenvalue weighted by Crippen LogP contribution is -2.35. The molecule has 0 amide bonds. The van der Waals surface area contributed by atoms with Crippen molar-refractivity contribution in [3.05, 3.63) is 11.4 Å². The van der Waals surface area contributed by atoms with Gasteiger partial charge in [0.25, 0.3) is 0 Å². The molecule has 1 atom stereocenters. The molecule has 19 heavy (non-hydrogen) atoms. The smallest absolute Gasteiger partial charge is 0.138 e. The summed E-state index contributed by atoms with van der Waals surface area (Å²) in [4.78, 5) is 11.4. The molecule has 0 fully saturated rings. The van der Waals surface area contributed by atoms with Gasteiger partial charge in [0.15, 0.2) is 0 Å². The topological polar surface area (TPSA) is 55.0 Å². The average molecular weight is 264 g/mol. The second-order valence-corrected chi connectivity index (χ2v) is 6.73. The molecule has 1 heterocycles. The Morgan fingerprint density at radius 2 is 1.63 bits per heavy atom. The molecule has 0 saturated carbocycles. The van der Waals surface area contributed by atoms with E-state index in [1.54, 1.807) is 0 Å². The largest absolute Gasteiger partial charge is 0.383 e. The Kier molecular flexibility index (Phi) is 4.43. The Hall–Kier alpha value is -1.32. The van der Waals surface area contributed by atoms with Crippen LogP contribution in [-0.4, -0.2) is 23.1 Å². The summed E-state index contributed by atoms with van der Waals surface area (Å²) in [5.41, 5.74) is 6.92. The molecule has 0 saturated heterocycles. The zero-order valence-corrected chi connectivity index (χ0v) is 13.6. The number of rotatable bonds is 3. The molecule has 0 aromatic carbocycles. The van der Waals surface area contributed by atoms with Crippen LogP contribution >= 0.6 is 0 Å². The molecule has 0 aliphatic carbocycles. The molecule has 1 aromatic heterocycles. The van der Waals surface area contributed by atoms with Crippen LogP contribution < -0.4 is 10.6 Å². The van der Waals surface area contributed by atoms with Crippen molar-refractivity contribution in [3.8, 4) is 0 Å². The van der Waals surface area contributed by atoms with Gasteiger partial charge in [0, 0.05) is 24.1 Å². The first-order chi connectivity index (χ1) is 8.55. The summed E-state index contributed by atoms with van der Waals surface area (Å²) in [7, 11) is 2.08. The minimum absolute atomic E-state index is 0.0987. The number of anilines is 2. The number of nitrogen functional groups attached to an aromatic ring is 1. The van der Waals surface area contributed by atoms with E-state index in [1.807, 2.05) is 6.92 Å². The zero-order chi connectivity index (χ0) is 15.0. The fourth-order valence-electron chi connectivity index (χ4n) is 1.84. The van der Waals surface area contributed by atoms with E-state index in [1.165, 1.54) is 0 Å². The van der Waals surface area contributed by atoms with E-state index in [0.29, 0.717) is 17.8 Å². The van der Waals surface area contributed by atoms with Crippen molar-refractivity contribution in [2.45, 2.75) is 59.9 Å². The first kappa shape index (κ1) is 15.7. The van der Waals surface area contributed by atoms with E-state index in [9.17, 15) is 0 Å². The molecule has 0 radical (unpaired) electrons. The molecule has 1 aromatic rings. The maximum atomic E-state index is 6.05. The summed E-state index contributed by atoms with van der Waals surface area (Å²) in [5, 5.41) is 0. The van der Waals surface area contributed by atoms with Crippen molar-refractivity contribution >= 4 is 11.6 Å². The van der Waals surface area contributed by atoms with Gasteiger partial charge >= 0.3 is 0 Å². The minimum Gasteiger partial charge on any atom is -0.383 e. The van der Waals surface area contributed by atoms with Gasteiger partial charge < -0.3 is 10.6 Å². The lowest BCUT2D eigenvalue weighted by molar-refractivity contribution is 0.496. The van der Waals surface area contributed by atoms with Crippen molar-refractivity contribution in [2.24, 2.45) is 5.92 Å². The summed E-state index contributed by atoms with van der Waals surface area (Å²) in [6.07, 6.45) is 0. The van der Waals surface area contributed by atoms with Crippen LogP contribution in [-0.2, 0) is 5.41 Å². The number of aromatic nitrogens is 2. The maximum absolute atomic E-state index is 6.05. The molecule has 1 unspecified atom stereocenters. The predicted octanol–water partition coefficient (Wildman–Crippen LogP) is 3.15.